The van der Waals surface area contributed by atoms with Crippen LogP contribution in [0.2, 0.25) is 0 Å². The normalized spacial score (nSPS) is 28.7. The molecule has 4 aliphatic carbocycles. The Hall–Kier alpha value is -2.61. The molecule has 16 rings (SSSR count). The maximum Gasteiger partial charge on any atom is 0.219 e. The predicted octanol–water partition coefficient (Wildman–Crippen LogP) is 11.7. The van der Waals surface area contributed by atoms with Gasteiger partial charge in [-0.3, -0.25) is 4.79 Å². The number of thioether (sulfide) groups is 1. The molecule has 4 aromatic heterocycles. The monoisotopic (exact) mass is 1330 g/mol. The molecular weight excluding hydrogens is 1250 g/mol. The van der Waals surface area contributed by atoms with Gasteiger partial charge in [0, 0.05) is 215 Å². The number of fused-ring (bicyclic) bond motifs is 8. The number of hydrogen-bond donors (Lipinski definition) is 5. The van der Waals surface area contributed by atoms with Gasteiger partial charge in [0.2, 0.25) is 5.91 Å². The minimum absolute atomic E-state index is 0. The Labute approximate surface area is 537 Å². The molecule has 410 valence electrons. The Morgan fingerprint density at radius 1 is 0.595 bits per heavy atom. The topological polar surface area (TPSA) is 145 Å². The van der Waals surface area contributed by atoms with Crippen molar-refractivity contribution < 1.29 is 97.6 Å². The van der Waals surface area contributed by atoms with Crippen LogP contribution in [0.5, 0.6) is 0 Å². The Balaban J connectivity index is 0.000000111. The molecular formula is C65H78N8O3Pr2S-2. The van der Waals surface area contributed by atoms with Crippen molar-refractivity contribution >= 4 is 61.3 Å². The van der Waals surface area contributed by atoms with Crippen LogP contribution in [0.15, 0.2) is 97.6 Å². The number of aryl methyl sites for hydroxylation is 1. The molecule has 4 aliphatic heterocycles. The number of benzene rings is 4. The standard InChI is InChI=1S/C18H22N2O.C16H20N2O.C16H19N2S.C15H17N2O.2Pr/c1-11-7-15-14-5-4-6-16-18(14)13(10-19(16)3)8-17(15)20(9-11)12(2)21;1-18-8-10(9-19)5-13-12-3-2-4-14-16(12)11(7-17-14)6-15(13)18;1-19-9-10-5-13-12-3-2-4-14-16(12)11(8-18-14)6-15(13)17-7-10;18-8-9-4-12-11-2-1-3-13-15(11)10(7-17-13)5-14(12)16-6-9;;/h4-6,10-11,15,17H,7-9H2,1-3H3;2-4,7,10,13,15,17,19H,5-6,8-9H2,1H3;2-4,8,10,13,15,18H,5-7,9H2,1H3;1-3,7,9,12,14,17-18H,4-6,8H2;;/q;;2*-1;;/t11-,15-,17-;;;;;/m1...../s1. The fourth-order valence-electron chi connectivity index (χ4n) is 16.3. The van der Waals surface area contributed by atoms with Gasteiger partial charge in [0.25, 0.3) is 0 Å². The van der Waals surface area contributed by atoms with Crippen molar-refractivity contribution in [3.05, 3.63) is 153 Å². The van der Waals surface area contributed by atoms with E-state index in [1.54, 1.807) is 12.5 Å². The molecule has 5 N–H and O–H groups in total. The van der Waals surface area contributed by atoms with Crippen LogP contribution >= 0.6 is 11.8 Å². The van der Waals surface area contributed by atoms with Crippen molar-refractivity contribution in [2.45, 2.75) is 113 Å². The number of nitrogens with one attached hydrogen (secondary N) is 3. The number of H-pyrrole nitrogens is 3. The third-order valence-corrected chi connectivity index (χ3v) is 20.5. The largest absolute Gasteiger partial charge is 0.659 e. The number of carbonyl (C=O) groups is 1. The molecule has 12 atom stereocenters. The van der Waals surface area contributed by atoms with Gasteiger partial charge in [-0.1, -0.05) is 61.4 Å². The molecule has 8 aliphatic rings. The number of carbonyl (C=O) groups excluding carboxylic acids is 1. The Kier molecular flexibility index (Phi) is 18.1. The average Bonchev–Trinajstić information content (AvgIpc) is 4.36. The fourth-order valence-corrected chi connectivity index (χ4v) is 17.0. The van der Waals surface area contributed by atoms with Crippen LogP contribution in [0.25, 0.3) is 54.2 Å². The van der Waals surface area contributed by atoms with Gasteiger partial charge < -0.3 is 50.2 Å². The Bertz CT molecular complexity index is 3460. The van der Waals surface area contributed by atoms with E-state index in [9.17, 15) is 15.0 Å². The molecule has 4 saturated heterocycles. The van der Waals surface area contributed by atoms with Gasteiger partial charge in [0.1, 0.15) is 0 Å². The summed E-state index contributed by atoms with van der Waals surface area (Å²) < 4.78 is 2.23. The quantitative estimate of drug-likeness (QED) is 0.119. The molecule has 4 fully saturated rings. The van der Waals surface area contributed by atoms with E-state index in [0.717, 1.165) is 70.6 Å². The number of aromatic amines is 3. The summed E-state index contributed by atoms with van der Waals surface area (Å²) in [4.78, 5) is 26.8. The van der Waals surface area contributed by atoms with E-state index in [1.807, 2.05) is 11.8 Å². The molecule has 8 heterocycles. The van der Waals surface area contributed by atoms with E-state index in [0.29, 0.717) is 72.2 Å². The van der Waals surface area contributed by atoms with Gasteiger partial charge in [-0.25, -0.2) is 0 Å². The Morgan fingerprint density at radius 2 is 1.08 bits per heavy atom. The summed E-state index contributed by atoms with van der Waals surface area (Å²) in [5.74, 6) is 5.82. The molecule has 0 saturated carbocycles. The van der Waals surface area contributed by atoms with Crippen LogP contribution in [0.3, 0.4) is 0 Å². The van der Waals surface area contributed by atoms with Gasteiger partial charge in [0.15, 0.2) is 0 Å². The van der Waals surface area contributed by atoms with Crippen molar-refractivity contribution in [1.82, 2.24) is 29.3 Å². The predicted molar refractivity (Wildman–Crippen MR) is 316 cm³/mol. The van der Waals surface area contributed by atoms with E-state index in [4.69, 9.17) is 10.6 Å². The first-order valence-corrected chi connectivity index (χ1v) is 30.3. The molecule has 0 spiro atoms. The first-order chi connectivity index (χ1) is 37.6. The number of aliphatic hydroxyl groups excluding tert-OH is 2. The summed E-state index contributed by atoms with van der Waals surface area (Å²) in [7, 11) is 4.33. The summed E-state index contributed by atoms with van der Waals surface area (Å²) in [6.45, 7) is 8.39. The van der Waals surface area contributed by atoms with E-state index < -0.39 is 0 Å². The summed E-state index contributed by atoms with van der Waals surface area (Å²) in [6, 6.07) is 28.4. The zero-order valence-corrected chi connectivity index (χ0v) is 55.1. The molecule has 8 aromatic rings. The van der Waals surface area contributed by atoms with Gasteiger partial charge in [0.05, 0.1) is 0 Å². The molecule has 9 unspecified atom stereocenters. The number of hydrogen-bond acceptors (Lipinski definition) is 5. The first kappa shape index (κ1) is 58.2. The third kappa shape index (κ3) is 10.9. The second kappa shape index (κ2) is 24.5. The molecule has 11 nitrogen and oxygen atoms in total. The minimum atomic E-state index is 0. The molecule has 2 radical (unpaired) electrons. The van der Waals surface area contributed by atoms with E-state index in [-0.39, 0.29) is 95.1 Å². The molecule has 1 amide bonds. The smallest absolute Gasteiger partial charge is 0.219 e. The van der Waals surface area contributed by atoms with E-state index in [1.165, 1.54) is 101 Å². The number of piperidine rings is 4. The third-order valence-electron chi connectivity index (χ3n) is 19.7. The number of rotatable bonds is 4. The summed E-state index contributed by atoms with van der Waals surface area (Å²) >= 11 is 1.96. The number of aliphatic hydroxyl groups is 2. The fraction of sp³-hybridized carbons (Fsp3) is 0.492. The molecule has 79 heavy (non-hydrogen) atoms. The van der Waals surface area contributed by atoms with E-state index in [2.05, 4.69) is 154 Å². The molecule has 14 heteroatoms. The van der Waals surface area contributed by atoms with Crippen LogP contribution < -0.4 is 0 Å². The maximum absolute atomic E-state index is 12.1. The van der Waals surface area contributed by atoms with Crippen LogP contribution in [-0.4, -0.2) is 128 Å². The molecule has 0 bridgehead atoms. The SMILES string of the molecule is CC(=O)N1C[C@H](C)C[C@@H]2c3cccc4c3c(cn4C)C[C@H]21.CN1CC(CO)CC2c3cccc4[nH]cc(c34)CC21.CSCC1C[N-]C2Cc3c[nH]c4cccc(c34)C2C1.OCC1C[N-]C2Cc3c[nH]c4cccc(c34)C2C1.[Pr].[Pr]. The van der Waals surface area contributed by atoms with Crippen LogP contribution in [0, 0.1) is 106 Å². The van der Waals surface area contributed by atoms with Crippen molar-refractivity contribution in [1.29, 1.82) is 0 Å². The average molecular weight is 1330 g/mol. The summed E-state index contributed by atoms with van der Waals surface area (Å²) in [5, 5.41) is 34.4. The number of likely N-dealkylation sites (tertiary alicyclic amines) is 2. The van der Waals surface area contributed by atoms with Gasteiger partial charge in [-0.2, -0.15) is 11.8 Å². The summed E-state index contributed by atoms with van der Waals surface area (Å²) in [5.41, 5.74) is 16.8. The zero-order chi connectivity index (χ0) is 52.6. The van der Waals surface area contributed by atoms with Crippen molar-refractivity contribution in [3.63, 3.8) is 0 Å². The zero-order valence-electron chi connectivity index (χ0n) is 46.9. The van der Waals surface area contributed by atoms with Crippen molar-refractivity contribution in [2.75, 3.05) is 58.4 Å². The van der Waals surface area contributed by atoms with Crippen LogP contribution in [0.1, 0.15) is 108 Å². The van der Waals surface area contributed by atoms with Gasteiger partial charge >= 0.3 is 0 Å². The van der Waals surface area contributed by atoms with Crippen molar-refractivity contribution in [3.8, 4) is 0 Å². The second-order valence-corrected chi connectivity index (χ2v) is 25.5. The second-order valence-electron chi connectivity index (χ2n) is 24.6. The molecule has 4 aromatic carbocycles. The number of nitrogens with zero attached hydrogens (tertiary/aromatic N) is 5. The maximum atomic E-state index is 12.1. The first-order valence-electron chi connectivity index (χ1n) is 28.9. The summed E-state index contributed by atoms with van der Waals surface area (Å²) in [6.07, 6.45) is 20.0. The Morgan fingerprint density at radius 3 is 1.63 bits per heavy atom. The number of likely N-dealkylation sites (N-methyl/N-ethyl adjacent to an activating group) is 1. The van der Waals surface area contributed by atoms with Crippen LogP contribution in [0.4, 0.5) is 0 Å². The number of amides is 1. The minimum Gasteiger partial charge on any atom is -0.659 e. The number of aromatic nitrogens is 4. The van der Waals surface area contributed by atoms with E-state index >= 15 is 0 Å². The van der Waals surface area contributed by atoms with Gasteiger partial charge in [-0.05, 0) is 169 Å². The van der Waals surface area contributed by atoms with Crippen LogP contribution in [-0.2, 0) is 37.5 Å². The van der Waals surface area contributed by atoms with Crippen molar-refractivity contribution in [2.24, 2.45) is 30.7 Å². The van der Waals surface area contributed by atoms with Gasteiger partial charge in [-0.15, -0.1) is 25.2 Å².